The Morgan fingerprint density at radius 1 is 1.38 bits per heavy atom. The van der Waals surface area contributed by atoms with Gasteiger partial charge in [-0.05, 0) is 44.2 Å². The van der Waals surface area contributed by atoms with Gasteiger partial charge in [0.05, 0.1) is 0 Å². The Kier molecular flexibility index (Phi) is 3.78. The molecule has 0 spiro atoms. The zero-order valence-electron chi connectivity index (χ0n) is 9.77. The molecule has 0 aromatic heterocycles. The molecule has 1 heterocycles. The second-order valence-electron chi connectivity index (χ2n) is 5.34. The van der Waals surface area contributed by atoms with Crippen LogP contribution in [0.4, 0.5) is 0 Å². The molecule has 0 bridgehead atoms. The first-order valence-corrected chi connectivity index (χ1v) is 5.75. The van der Waals surface area contributed by atoms with E-state index >= 15 is 0 Å². The predicted molar refractivity (Wildman–Crippen MR) is 58.9 cm³/mol. The lowest BCUT2D eigenvalue weighted by molar-refractivity contribution is 0.0961. The fraction of sp³-hybridized carbons (Fsp3) is 1.00. The summed E-state index contributed by atoms with van der Waals surface area (Å²) in [7, 11) is 2.26. The molecule has 0 amide bonds. The van der Waals surface area contributed by atoms with E-state index in [4.69, 9.17) is 0 Å². The highest BCUT2D eigenvalue weighted by molar-refractivity contribution is 4.83. The normalized spacial score (nSPS) is 26.3. The minimum Gasteiger partial charge on any atom is -0.306 e. The average molecular weight is 183 g/mol. The van der Waals surface area contributed by atoms with Crippen LogP contribution in [0.15, 0.2) is 0 Å². The molecule has 1 aliphatic rings. The molecule has 1 fully saturated rings. The van der Waals surface area contributed by atoms with Crippen LogP contribution in [0, 0.1) is 11.3 Å². The summed E-state index contributed by atoms with van der Waals surface area (Å²) in [6.07, 6.45) is 5.55. The van der Waals surface area contributed by atoms with Gasteiger partial charge in [-0.2, -0.15) is 0 Å². The summed E-state index contributed by atoms with van der Waals surface area (Å²) >= 11 is 0. The minimum atomic E-state index is 0.559. The maximum absolute atomic E-state index is 2.49. The summed E-state index contributed by atoms with van der Waals surface area (Å²) in [5.41, 5.74) is 0.559. The number of likely N-dealkylation sites (tertiary alicyclic amines) is 1. The van der Waals surface area contributed by atoms with E-state index in [-0.39, 0.29) is 0 Å². The van der Waals surface area contributed by atoms with E-state index in [0.29, 0.717) is 5.41 Å². The second-order valence-corrected chi connectivity index (χ2v) is 5.34. The molecule has 1 heteroatoms. The average Bonchev–Trinajstić information content (AvgIpc) is 2.04. The standard InChI is InChI=1S/C12H25N/c1-5-8-12(2,3)11-7-6-9-13(4)10-11/h11H,5-10H2,1-4H3. The van der Waals surface area contributed by atoms with Crippen molar-refractivity contribution in [1.82, 2.24) is 4.90 Å². The molecule has 1 unspecified atom stereocenters. The van der Waals surface area contributed by atoms with E-state index in [2.05, 4.69) is 32.7 Å². The van der Waals surface area contributed by atoms with Crippen molar-refractivity contribution < 1.29 is 0 Å². The number of nitrogens with zero attached hydrogens (tertiary/aromatic N) is 1. The van der Waals surface area contributed by atoms with Crippen LogP contribution < -0.4 is 0 Å². The van der Waals surface area contributed by atoms with Gasteiger partial charge in [-0.15, -0.1) is 0 Å². The summed E-state index contributed by atoms with van der Waals surface area (Å²) in [5.74, 6) is 0.922. The zero-order valence-corrected chi connectivity index (χ0v) is 9.77. The number of rotatable bonds is 3. The quantitative estimate of drug-likeness (QED) is 0.649. The van der Waals surface area contributed by atoms with Crippen LogP contribution in [0.5, 0.6) is 0 Å². The molecule has 13 heavy (non-hydrogen) atoms. The molecule has 0 aromatic rings. The van der Waals surface area contributed by atoms with Gasteiger partial charge in [0.1, 0.15) is 0 Å². The van der Waals surface area contributed by atoms with Crippen LogP contribution in [-0.4, -0.2) is 25.0 Å². The van der Waals surface area contributed by atoms with E-state index in [1.807, 2.05) is 0 Å². The molecule has 0 saturated carbocycles. The largest absolute Gasteiger partial charge is 0.306 e. The summed E-state index contributed by atoms with van der Waals surface area (Å²) in [5, 5.41) is 0. The lowest BCUT2D eigenvalue weighted by Gasteiger charge is -2.40. The Bertz CT molecular complexity index is 151. The van der Waals surface area contributed by atoms with Crippen LogP contribution in [0.1, 0.15) is 46.5 Å². The summed E-state index contributed by atoms with van der Waals surface area (Å²) in [4.78, 5) is 2.49. The van der Waals surface area contributed by atoms with E-state index in [0.717, 1.165) is 5.92 Å². The molecule has 0 aromatic carbocycles. The molecule has 1 nitrogen and oxygen atoms in total. The Labute approximate surface area is 83.5 Å². The van der Waals surface area contributed by atoms with Crippen LogP contribution in [0.3, 0.4) is 0 Å². The number of piperidine rings is 1. The van der Waals surface area contributed by atoms with Gasteiger partial charge in [0.2, 0.25) is 0 Å². The van der Waals surface area contributed by atoms with Crippen molar-refractivity contribution >= 4 is 0 Å². The Morgan fingerprint density at radius 3 is 2.62 bits per heavy atom. The second kappa shape index (κ2) is 4.45. The Balaban J connectivity index is 2.48. The highest BCUT2D eigenvalue weighted by Crippen LogP contribution is 2.37. The zero-order chi connectivity index (χ0) is 9.90. The van der Waals surface area contributed by atoms with Crippen LogP contribution in [0.2, 0.25) is 0 Å². The minimum absolute atomic E-state index is 0.559. The first-order chi connectivity index (χ1) is 6.06. The molecule has 1 saturated heterocycles. The van der Waals surface area contributed by atoms with Crippen molar-refractivity contribution in [3.05, 3.63) is 0 Å². The first-order valence-electron chi connectivity index (χ1n) is 5.75. The SMILES string of the molecule is CCCC(C)(C)C1CCCN(C)C1. The molecule has 1 aliphatic heterocycles. The fourth-order valence-corrected chi connectivity index (χ4v) is 2.65. The van der Waals surface area contributed by atoms with Crippen molar-refractivity contribution in [3.63, 3.8) is 0 Å². The highest BCUT2D eigenvalue weighted by atomic mass is 15.1. The van der Waals surface area contributed by atoms with E-state index in [1.165, 1.54) is 38.8 Å². The van der Waals surface area contributed by atoms with Crippen LogP contribution >= 0.6 is 0 Å². The van der Waals surface area contributed by atoms with E-state index in [9.17, 15) is 0 Å². The molecular formula is C12H25N. The van der Waals surface area contributed by atoms with Crippen molar-refractivity contribution in [1.29, 1.82) is 0 Å². The van der Waals surface area contributed by atoms with Gasteiger partial charge in [-0.3, -0.25) is 0 Å². The Hall–Kier alpha value is -0.0400. The molecule has 0 aliphatic carbocycles. The maximum Gasteiger partial charge on any atom is 0.00117 e. The van der Waals surface area contributed by atoms with E-state index in [1.54, 1.807) is 0 Å². The van der Waals surface area contributed by atoms with Crippen molar-refractivity contribution in [2.45, 2.75) is 46.5 Å². The van der Waals surface area contributed by atoms with Gasteiger partial charge in [-0.1, -0.05) is 27.2 Å². The maximum atomic E-state index is 2.49. The topological polar surface area (TPSA) is 3.24 Å². The Morgan fingerprint density at radius 2 is 2.08 bits per heavy atom. The smallest absolute Gasteiger partial charge is 0.00117 e. The fourth-order valence-electron chi connectivity index (χ4n) is 2.65. The summed E-state index contributed by atoms with van der Waals surface area (Å²) in [6.45, 7) is 9.81. The van der Waals surface area contributed by atoms with Gasteiger partial charge >= 0.3 is 0 Å². The van der Waals surface area contributed by atoms with Crippen LogP contribution in [0.25, 0.3) is 0 Å². The molecule has 0 N–H and O–H groups in total. The first kappa shape index (κ1) is 11.0. The van der Waals surface area contributed by atoms with Gasteiger partial charge in [0.25, 0.3) is 0 Å². The lowest BCUT2D eigenvalue weighted by Crippen LogP contribution is -2.39. The number of hydrogen-bond donors (Lipinski definition) is 0. The molecule has 78 valence electrons. The highest BCUT2D eigenvalue weighted by Gasteiger charge is 2.31. The van der Waals surface area contributed by atoms with Gasteiger partial charge in [0, 0.05) is 6.54 Å². The third kappa shape index (κ3) is 2.98. The van der Waals surface area contributed by atoms with Crippen molar-refractivity contribution in [2.75, 3.05) is 20.1 Å². The monoisotopic (exact) mass is 183 g/mol. The van der Waals surface area contributed by atoms with Gasteiger partial charge in [-0.25, -0.2) is 0 Å². The molecular weight excluding hydrogens is 158 g/mol. The van der Waals surface area contributed by atoms with Gasteiger partial charge < -0.3 is 4.90 Å². The summed E-state index contributed by atoms with van der Waals surface area (Å²) < 4.78 is 0. The molecule has 1 rings (SSSR count). The van der Waals surface area contributed by atoms with Crippen molar-refractivity contribution in [2.24, 2.45) is 11.3 Å². The predicted octanol–water partition coefficient (Wildman–Crippen LogP) is 3.15. The third-order valence-electron chi connectivity index (χ3n) is 3.62. The third-order valence-corrected chi connectivity index (χ3v) is 3.62. The van der Waals surface area contributed by atoms with Gasteiger partial charge in [0.15, 0.2) is 0 Å². The lowest BCUT2D eigenvalue weighted by atomic mass is 9.72. The summed E-state index contributed by atoms with van der Waals surface area (Å²) in [6, 6.07) is 0. The van der Waals surface area contributed by atoms with E-state index < -0.39 is 0 Å². The number of hydrogen-bond acceptors (Lipinski definition) is 1. The molecule has 0 radical (unpaired) electrons. The van der Waals surface area contributed by atoms with Crippen molar-refractivity contribution in [3.8, 4) is 0 Å². The van der Waals surface area contributed by atoms with Crippen LogP contribution in [-0.2, 0) is 0 Å². The molecule has 1 atom stereocenters.